The number of anilines is 1. The quantitative estimate of drug-likeness (QED) is 0.715. The Morgan fingerprint density at radius 1 is 1.19 bits per heavy atom. The van der Waals surface area contributed by atoms with Crippen LogP contribution >= 0.6 is 0 Å². The Bertz CT molecular complexity index is 803. The molecule has 3 amide bonds. The minimum atomic E-state index is -3.75. The zero-order valence-corrected chi connectivity index (χ0v) is 15.3. The third-order valence-electron chi connectivity index (χ3n) is 4.90. The van der Waals surface area contributed by atoms with Crippen molar-refractivity contribution in [1.29, 1.82) is 0 Å². The predicted molar refractivity (Wildman–Crippen MR) is 97.3 cm³/mol. The fourth-order valence-corrected chi connectivity index (χ4v) is 4.16. The zero-order chi connectivity index (χ0) is 18.7. The van der Waals surface area contributed by atoms with Crippen molar-refractivity contribution in [1.82, 2.24) is 10.6 Å². The van der Waals surface area contributed by atoms with Gasteiger partial charge < -0.3 is 10.2 Å². The lowest BCUT2D eigenvalue weighted by molar-refractivity contribution is -0.118. The van der Waals surface area contributed by atoms with Crippen molar-refractivity contribution in [3.63, 3.8) is 0 Å². The van der Waals surface area contributed by atoms with E-state index in [0.29, 0.717) is 13.0 Å². The van der Waals surface area contributed by atoms with Crippen LogP contribution in [0.3, 0.4) is 0 Å². The van der Waals surface area contributed by atoms with Gasteiger partial charge in [0.1, 0.15) is 0 Å². The number of primary sulfonamides is 1. The normalized spacial score (nSPS) is 17.7. The minimum Gasteiger partial charge on any atom is -0.362 e. The molecule has 1 aromatic rings. The first-order valence-corrected chi connectivity index (χ1v) is 10.4. The number of hydrogen-bond acceptors (Lipinski definition) is 5. The summed E-state index contributed by atoms with van der Waals surface area (Å²) < 4.78 is 22.9. The van der Waals surface area contributed by atoms with Gasteiger partial charge in [0.25, 0.3) is 0 Å². The van der Waals surface area contributed by atoms with E-state index in [1.54, 1.807) is 12.1 Å². The van der Waals surface area contributed by atoms with Crippen LogP contribution in [-0.4, -0.2) is 39.5 Å². The first-order chi connectivity index (χ1) is 12.3. The summed E-state index contributed by atoms with van der Waals surface area (Å²) in [5, 5.41) is 10.4. The summed E-state index contributed by atoms with van der Waals surface area (Å²) in [6, 6.07) is 4.31. The molecule has 2 aliphatic rings. The average Bonchev–Trinajstić information content (AvgIpc) is 2.97. The highest BCUT2D eigenvalue weighted by Crippen LogP contribution is 2.29. The molecule has 1 saturated carbocycles. The number of benzene rings is 1. The molecule has 1 aliphatic carbocycles. The lowest BCUT2D eigenvalue weighted by atomic mass is 9.96. The van der Waals surface area contributed by atoms with Crippen LogP contribution in [0.2, 0.25) is 0 Å². The number of nitrogens with two attached hydrogens (primary N) is 1. The second-order valence-electron chi connectivity index (χ2n) is 6.86. The van der Waals surface area contributed by atoms with Crippen molar-refractivity contribution in [2.24, 2.45) is 5.14 Å². The van der Waals surface area contributed by atoms with E-state index in [4.69, 9.17) is 5.14 Å². The SMILES string of the molecule is NS(=O)(=O)c1ccc2c(c1)CCN2CC(=O)NC(=O)NC1CCCCC1. The van der Waals surface area contributed by atoms with Crippen molar-refractivity contribution in [2.75, 3.05) is 18.0 Å². The second-order valence-corrected chi connectivity index (χ2v) is 8.43. The lowest BCUT2D eigenvalue weighted by Gasteiger charge is -2.23. The Balaban J connectivity index is 1.55. The van der Waals surface area contributed by atoms with Gasteiger partial charge in [-0.15, -0.1) is 0 Å². The molecule has 0 atom stereocenters. The van der Waals surface area contributed by atoms with Crippen LogP contribution in [0.25, 0.3) is 0 Å². The van der Waals surface area contributed by atoms with Crippen molar-refractivity contribution < 1.29 is 18.0 Å². The van der Waals surface area contributed by atoms with Gasteiger partial charge in [0.2, 0.25) is 15.9 Å². The van der Waals surface area contributed by atoms with Crippen molar-refractivity contribution in [3.8, 4) is 0 Å². The number of imide groups is 1. The standard InChI is InChI=1S/C17H24N4O4S/c18-26(24,25)14-6-7-15-12(10-14)8-9-21(15)11-16(22)20-17(23)19-13-4-2-1-3-5-13/h6-7,10,13H,1-5,8-9,11H2,(H2,18,24,25)(H2,19,20,22,23). The number of nitrogens with zero attached hydrogens (tertiary/aromatic N) is 1. The van der Waals surface area contributed by atoms with Gasteiger partial charge in [-0.1, -0.05) is 19.3 Å². The molecule has 0 unspecified atom stereocenters. The van der Waals surface area contributed by atoms with Crippen LogP contribution in [-0.2, 0) is 21.2 Å². The Labute approximate surface area is 153 Å². The van der Waals surface area contributed by atoms with Crippen LogP contribution < -0.4 is 20.7 Å². The summed E-state index contributed by atoms with van der Waals surface area (Å²) in [6.07, 6.45) is 5.93. The van der Waals surface area contributed by atoms with E-state index < -0.39 is 16.1 Å². The van der Waals surface area contributed by atoms with Gasteiger partial charge in [-0.3, -0.25) is 10.1 Å². The number of sulfonamides is 1. The molecule has 0 saturated heterocycles. The molecule has 1 fully saturated rings. The third-order valence-corrected chi connectivity index (χ3v) is 5.81. The van der Waals surface area contributed by atoms with Gasteiger partial charge in [-0.25, -0.2) is 18.4 Å². The Hall–Kier alpha value is -2.13. The molecule has 0 aromatic heterocycles. The van der Waals surface area contributed by atoms with Gasteiger partial charge in [0, 0.05) is 18.3 Å². The van der Waals surface area contributed by atoms with Gasteiger partial charge in [0.15, 0.2) is 0 Å². The molecule has 4 N–H and O–H groups in total. The molecule has 9 heteroatoms. The van der Waals surface area contributed by atoms with E-state index in [1.165, 1.54) is 12.5 Å². The van der Waals surface area contributed by atoms with Crippen LogP contribution in [0, 0.1) is 0 Å². The summed E-state index contributed by atoms with van der Waals surface area (Å²) in [4.78, 5) is 26.0. The van der Waals surface area contributed by atoms with Crippen LogP contribution in [0.4, 0.5) is 10.5 Å². The Morgan fingerprint density at radius 2 is 1.92 bits per heavy atom. The van der Waals surface area contributed by atoms with E-state index in [1.807, 2.05) is 4.90 Å². The number of carbonyl (C=O) groups excluding carboxylic acids is 2. The molecule has 8 nitrogen and oxygen atoms in total. The highest BCUT2D eigenvalue weighted by atomic mass is 32.2. The van der Waals surface area contributed by atoms with E-state index in [2.05, 4.69) is 10.6 Å². The van der Waals surface area contributed by atoms with Crippen molar-refractivity contribution in [2.45, 2.75) is 49.5 Å². The van der Waals surface area contributed by atoms with Crippen molar-refractivity contribution >= 4 is 27.6 Å². The molecule has 0 spiro atoms. The second kappa shape index (κ2) is 7.63. The van der Waals surface area contributed by atoms with E-state index in [0.717, 1.165) is 36.9 Å². The Kier molecular flexibility index (Phi) is 5.47. The summed E-state index contributed by atoms with van der Waals surface area (Å²) in [6.45, 7) is 0.626. The third kappa shape index (κ3) is 4.53. The monoisotopic (exact) mass is 380 g/mol. The molecule has 0 bridgehead atoms. The molecule has 1 aliphatic heterocycles. The number of amides is 3. The predicted octanol–water partition coefficient (Wildman–Crippen LogP) is 0.855. The maximum atomic E-state index is 12.2. The Morgan fingerprint density at radius 3 is 2.62 bits per heavy atom. The highest BCUT2D eigenvalue weighted by molar-refractivity contribution is 7.89. The minimum absolute atomic E-state index is 0.0415. The number of nitrogens with one attached hydrogen (secondary N) is 2. The summed E-state index contributed by atoms with van der Waals surface area (Å²) >= 11 is 0. The largest absolute Gasteiger partial charge is 0.362 e. The lowest BCUT2D eigenvalue weighted by Crippen LogP contribution is -2.47. The van der Waals surface area contributed by atoms with Gasteiger partial charge in [-0.05, 0) is 43.0 Å². The molecule has 1 aromatic carbocycles. The molecule has 1 heterocycles. The van der Waals surface area contributed by atoms with Crippen LogP contribution in [0.1, 0.15) is 37.7 Å². The fraction of sp³-hybridized carbons (Fsp3) is 0.529. The first kappa shape index (κ1) is 18.7. The maximum absolute atomic E-state index is 12.2. The van der Waals surface area contributed by atoms with Crippen LogP contribution in [0.5, 0.6) is 0 Å². The summed E-state index contributed by atoms with van der Waals surface area (Å²) in [5.74, 6) is -0.387. The molecular formula is C17H24N4O4S. The van der Waals surface area contributed by atoms with Gasteiger partial charge in [-0.2, -0.15) is 0 Å². The fourth-order valence-electron chi connectivity index (χ4n) is 3.60. The van der Waals surface area contributed by atoms with Gasteiger partial charge in [0.05, 0.1) is 11.4 Å². The number of hydrogen-bond donors (Lipinski definition) is 3. The number of carbonyl (C=O) groups is 2. The van der Waals surface area contributed by atoms with E-state index in [9.17, 15) is 18.0 Å². The summed E-state index contributed by atoms with van der Waals surface area (Å²) in [7, 11) is -3.75. The number of fused-ring (bicyclic) bond motifs is 1. The molecule has 142 valence electrons. The van der Waals surface area contributed by atoms with E-state index in [-0.39, 0.29) is 23.4 Å². The van der Waals surface area contributed by atoms with Crippen LogP contribution in [0.15, 0.2) is 23.1 Å². The van der Waals surface area contributed by atoms with Gasteiger partial charge >= 0.3 is 6.03 Å². The topological polar surface area (TPSA) is 122 Å². The number of urea groups is 1. The molecule has 0 radical (unpaired) electrons. The molecule has 3 rings (SSSR count). The van der Waals surface area contributed by atoms with Crippen molar-refractivity contribution in [3.05, 3.63) is 23.8 Å². The maximum Gasteiger partial charge on any atom is 0.321 e. The zero-order valence-electron chi connectivity index (χ0n) is 14.5. The average molecular weight is 380 g/mol. The summed E-state index contributed by atoms with van der Waals surface area (Å²) in [5.41, 5.74) is 1.62. The number of rotatable bonds is 4. The first-order valence-electron chi connectivity index (χ1n) is 8.84. The smallest absolute Gasteiger partial charge is 0.321 e. The van der Waals surface area contributed by atoms with E-state index >= 15 is 0 Å². The molecule has 26 heavy (non-hydrogen) atoms. The molecular weight excluding hydrogens is 356 g/mol. The highest BCUT2D eigenvalue weighted by Gasteiger charge is 2.24.